The number of thiocarbonyl (C=S) groups is 1. The molecule has 1 aromatic rings. The number of hydrazone groups is 1. The third-order valence-corrected chi connectivity index (χ3v) is 4.64. The smallest absolute Gasteiger partial charge is 0.258 e. The lowest BCUT2D eigenvalue weighted by molar-refractivity contribution is -0.124. The molecule has 26 heavy (non-hydrogen) atoms. The molecule has 0 heterocycles. The van der Waals surface area contributed by atoms with E-state index < -0.39 is 0 Å². The molecular weight excluding hydrogens is 420 g/mol. The highest BCUT2D eigenvalue weighted by Gasteiger charge is 2.17. The number of hydrogen-bond donors (Lipinski definition) is 3. The Morgan fingerprint density at radius 2 is 2.15 bits per heavy atom. The van der Waals surface area contributed by atoms with Crippen LogP contribution in [-0.4, -0.2) is 37.0 Å². The monoisotopic (exact) mass is 442 g/mol. The molecule has 2 rings (SSSR count). The second-order valence-electron chi connectivity index (χ2n) is 5.96. The topological polar surface area (TPSA) is 98.0 Å². The molecule has 0 aliphatic heterocycles. The van der Waals surface area contributed by atoms with Crippen LogP contribution in [0.15, 0.2) is 21.7 Å². The van der Waals surface area contributed by atoms with Gasteiger partial charge in [0.25, 0.3) is 5.91 Å². The Kier molecular flexibility index (Phi) is 8.11. The van der Waals surface area contributed by atoms with Gasteiger partial charge in [-0.3, -0.25) is 10.2 Å². The van der Waals surface area contributed by atoms with Crippen molar-refractivity contribution in [3.8, 4) is 11.5 Å². The van der Waals surface area contributed by atoms with Gasteiger partial charge >= 0.3 is 0 Å². The molecule has 1 saturated carbocycles. The van der Waals surface area contributed by atoms with E-state index in [0.717, 1.165) is 31.2 Å². The Morgan fingerprint density at radius 3 is 2.81 bits per heavy atom. The van der Waals surface area contributed by atoms with Crippen molar-refractivity contribution in [1.29, 1.82) is 0 Å². The van der Waals surface area contributed by atoms with E-state index in [9.17, 15) is 4.79 Å². The molecule has 4 N–H and O–H groups in total. The van der Waals surface area contributed by atoms with Crippen LogP contribution >= 0.6 is 28.1 Å². The number of methoxy groups -OCH3 is 1. The second-order valence-corrected chi connectivity index (χ2v) is 7.25. The molecule has 1 aliphatic carbocycles. The molecule has 1 aliphatic rings. The SMILES string of the molecule is COc1cc(C=NNC(N)=S)cc(Br)c1OCC(=O)NC1CCCCC1. The lowest BCUT2D eigenvalue weighted by atomic mass is 9.95. The number of benzene rings is 1. The predicted molar refractivity (Wildman–Crippen MR) is 109 cm³/mol. The summed E-state index contributed by atoms with van der Waals surface area (Å²) in [5.41, 5.74) is 8.55. The van der Waals surface area contributed by atoms with Gasteiger partial charge in [0.1, 0.15) is 0 Å². The highest BCUT2D eigenvalue weighted by molar-refractivity contribution is 9.10. The van der Waals surface area contributed by atoms with Gasteiger partial charge in [-0.2, -0.15) is 5.10 Å². The van der Waals surface area contributed by atoms with E-state index >= 15 is 0 Å². The van der Waals surface area contributed by atoms with Gasteiger partial charge in [-0.1, -0.05) is 19.3 Å². The van der Waals surface area contributed by atoms with Crippen molar-refractivity contribution in [2.24, 2.45) is 10.8 Å². The number of halogens is 1. The summed E-state index contributed by atoms with van der Waals surface area (Å²) in [5, 5.41) is 7.01. The number of nitrogens with zero attached hydrogens (tertiary/aromatic N) is 1. The Balaban J connectivity index is 1.98. The van der Waals surface area contributed by atoms with Gasteiger partial charge in [-0.15, -0.1) is 0 Å². The average molecular weight is 443 g/mol. The lowest BCUT2D eigenvalue weighted by Crippen LogP contribution is -2.39. The van der Waals surface area contributed by atoms with Gasteiger partial charge in [0, 0.05) is 6.04 Å². The Labute approximate surface area is 166 Å². The van der Waals surface area contributed by atoms with Gasteiger partial charge in [0.15, 0.2) is 23.2 Å². The molecule has 0 radical (unpaired) electrons. The minimum atomic E-state index is -0.128. The van der Waals surface area contributed by atoms with Gasteiger partial charge in [0.2, 0.25) is 0 Å². The molecule has 1 fully saturated rings. The van der Waals surface area contributed by atoms with Crippen LogP contribution in [0.5, 0.6) is 11.5 Å². The summed E-state index contributed by atoms with van der Waals surface area (Å²) in [5.74, 6) is 0.824. The third-order valence-electron chi connectivity index (χ3n) is 3.96. The predicted octanol–water partition coefficient (Wildman–Crippen LogP) is 2.45. The molecule has 0 spiro atoms. The van der Waals surface area contributed by atoms with E-state index in [1.54, 1.807) is 18.3 Å². The number of hydrogen-bond acceptors (Lipinski definition) is 5. The zero-order chi connectivity index (χ0) is 18.9. The molecule has 1 aromatic carbocycles. The molecule has 0 saturated heterocycles. The summed E-state index contributed by atoms with van der Waals surface area (Å²) in [4.78, 5) is 12.1. The highest BCUT2D eigenvalue weighted by Crippen LogP contribution is 2.36. The van der Waals surface area contributed by atoms with Crippen LogP contribution in [0.4, 0.5) is 0 Å². The summed E-state index contributed by atoms with van der Waals surface area (Å²) in [6.07, 6.45) is 7.19. The minimum Gasteiger partial charge on any atom is -0.493 e. The lowest BCUT2D eigenvalue weighted by Gasteiger charge is -2.23. The maximum atomic E-state index is 12.1. The number of nitrogens with one attached hydrogen (secondary N) is 2. The van der Waals surface area contributed by atoms with Crippen molar-refractivity contribution in [3.63, 3.8) is 0 Å². The van der Waals surface area contributed by atoms with E-state index in [0.29, 0.717) is 16.0 Å². The van der Waals surface area contributed by atoms with Crippen LogP contribution in [0.2, 0.25) is 0 Å². The fourth-order valence-electron chi connectivity index (χ4n) is 2.78. The van der Waals surface area contributed by atoms with E-state index in [-0.39, 0.29) is 23.7 Å². The van der Waals surface area contributed by atoms with Crippen LogP contribution < -0.4 is 25.9 Å². The van der Waals surface area contributed by atoms with Crippen LogP contribution in [0.25, 0.3) is 0 Å². The number of carbonyl (C=O) groups is 1. The van der Waals surface area contributed by atoms with Crippen molar-refractivity contribution < 1.29 is 14.3 Å². The van der Waals surface area contributed by atoms with Crippen LogP contribution in [0.3, 0.4) is 0 Å². The summed E-state index contributed by atoms with van der Waals surface area (Å²) in [6, 6.07) is 3.79. The summed E-state index contributed by atoms with van der Waals surface area (Å²) < 4.78 is 11.7. The van der Waals surface area contributed by atoms with E-state index in [1.807, 2.05) is 0 Å². The van der Waals surface area contributed by atoms with Gasteiger partial charge in [0.05, 0.1) is 17.8 Å². The van der Waals surface area contributed by atoms with Crippen LogP contribution in [-0.2, 0) is 4.79 Å². The Hall–Kier alpha value is -1.87. The van der Waals surface area contributed by atoms with Crippen LogP contribution in [0.1, 0.15) is 37.7 Å². The Bertz CT molecular complexity index is 678. The molecule has 1 amide bonds. The average Bonchev–Trinajstić information content (AvgIpc) is 2.61. The zero-order valence-corrected chi connectivity index (χ0v) is 17.0. The molecule has 7 nitrogen and oxygen atoms in total. The number of carbonyl (C=O) groups excluding carboxylic acids is 1. The number of amides is 1. The molecular formula is C17H23BrN4O3S. The fourth-order valence-corrected chi connectivity index (χ4v) is 3.41. The maximum Gasteiger partial charge on any atom is 0.258 e. The summed E-state index contributed by atoms with van der Waals surface area (Å²) in [6.45, 7) is -0.0676. The first kappa shape index (κ1) is 20.4. The standard InChI is InChI=1S/C17H23BrN4O3S/c1-24-14-8-11(9-20-22-17(19)26)7-13(18)16(14)25-10-15(23)21-12-5-3-2-4-6-12/h7-9,12H,2-6,10H2,1H3,(H,21,23)(H3,19,22,26). The summed E-state index contributed by atoms with van der Waals surface area (Å²) in [7, 11) is 1.53. The minimum absolute atomic E-state index is 0.0676. The van der Waals surface area contributed by atoms with Crippen LogP contribution in [0, 0.1) is 0 Å². The van der Waals surface area contributed by atoms with Gasteiger partial charge in [-0.05, 0) is 58.7 Å². The Morgan fingerprint density at radius 1 is 1.42 bits per heavy atom. The molecule has 0 bridgehead atoms. The van der Waals surface area contributed by atoms with E-state index in [4.69, 9.17) is 15.2 Å². The highest BCUT2D eigenvalue weighted by atomic mass is 79.9. The van der Waals surface area contributed by atoms with Crippen molar-refractivity contribution >= 4 is 45.4 Å². The van der Waals surface area contributed by atoms with E-state index in [2.05, 4.69) is 44.0 Å². The van der Waals surface area contributed by atoms with Crippen molar-refractivity contribution in [1.82, 2.24) is 10.7 Å². The molecule has 0 atom stereocenters. The first-order valence-electron chi connectivity index (χ1n) is 8.37. The maximum absolute atomic E-state index is 12.1. The first-order valence-corrected chi connectivity index (χ1v) is 9.58. The largest absolute Gasteiger partial charge is 0.493 e. The molecule has 0 aromatic heterocycles. The quantitative estimate of drug-likeness (QED) is 0.340. The van der Waals surface area contributed by atoms with Gasteiger partial charge < -0.3 is 20.5 Å². The molecule has 142 valence electrons. The van der Waals surface area contributed by atoms with Crippen molar-refractivity contribution in [3.05, 3.63) is 22.2 Å². The number of rotatable bonds is 7. The summed E-state index contributed by atoms with van der Waals surface area (Å²) >= 11 is 8.12. The zero-order valence-electron chi connectivity index (χ0n) is 14.6. The van der Waals surface area contributed by atoms with Crippen molar-refractivity contribution in [2.75, 3.05) is 13.7 Å². The van der Waals surface area contributed by atoms with E-state index in [1.165, 1.54) is 13.5 Å². The first-order chi connectivity index (χ1) is 12.5. The normalized spacial score (nSPS) is 14.8. The third kappa shape index (κ3) is 6.45. The van der Waals surface area contributed by atoms with Gasteiger partial charge in [-0.25, -0.2) is 0 Å². The molecule has 9 heteroatoms. The fraction of sp³-hybridized carbons (Fsp3) is 0.471. The number of nitrogens with two attached hydrogens (primary N) is 1. The number of ether oxygens (including phenoxy) is 2. The van der Waals surface area contributed by atoms with Crippen molar-refractivity contribution in [2.45, 2.75) is 38.1 Å². The second kappa shape index (κ2) is 10.3. The molecule has 0 unspecified atom stereocenters.